The topological polar surface area (TPSA) is 116 Å². The quantitative estimate of drug-likeness (QED) is 0.690. The summed E-state index contributed by atoms with van der Waals surface area (Å²) in [6.07, 6.45) is 4.55. The molecule has 3 N–H and O–H groups in total. The zero-order valence-electron chi connectivity index (χ0n) is 15.4. The molecular formula is C19H21N5O4. The zero-order valence-corrected chi connectivity index (χ0v) is 15.4. The molecule has 1 spiro atoms. The number of anilines is 1. The van der Waals surface area contributed by atoms with Crippen LogP contribution in [0.15, 0.2) is 35.3 Å². The lowest BCUT2D eigenvalue weighted by molar-refractivity contribution is -0.133. The predicted octanol–water partition coefficient (Wildman–Crippen LogP) is 1.28. The Labute approximate surface area is 160 Å². The van der Waals surface area contributed by atoms with Crippen molar-refractivity contribution in [2.75, 3.05) is 11.9 Å². The zero-order chi connectivity index (χ0) is 19.9. The maximum atomic E-state index is 12.7. The molecule has 0 atom stereocenters. The summed E-state index contributed by atoms with van der Waals surface area (Å²) in [7, 11) is 0. The Kier molecular flexibility index (Phi) is 4.29. The standard InChI is InChI=1S/C19H21N5O4/c1-12-10-20-17(27)24(12)14-7-3-2-6-13(14)21-15(25)11-23-16(26)19(22-18(23)28)8-4-5-9-19/h2-3,6-7,10H,4-5,8-9,11H2,1H3,(H,20,27)(H,21,25)(H,22,28). The minimum atomic E-state index is -0.842. The van der Waals surface area contributed by atoms with Crippen LogP contribution < -0.4 is 16.3 Å². The number of urea groups is 1. The van der Waals surface area contributed by atoms with Gasteiger partial charge in [-0.05, 0) is 31.9 Å². The van der Waals surface area contributed by atoms with Crippen molar-refractivity contribution in [3.8, 4) is 5.69 Å². The number of benzene rings is 1. The molecule has 1 aromatic heterocycles. The molecule has 2 fully saturated rings. The van der Waals surface area contributed by atoms with E-state index in [4.69, 9.17) is 0 Å². The monoisotopic (exact) mass is 383 g/mol. The molecule has 2 heterocycles. The Morgan fingerprint density at radius 2 is 1.89 bits per heavy atom. The van der Waals surface area contributed by atoms with Crippen LogP contribution in [0.4, 0.5) is 10.5 Å². The minimum absolute atomic E-state index is 0.323. The Morgan fingerprint density at radius 1 is 1.18 bits per heavy atom. The van der Waals surface area contributed by atoms with Crippen LogP contribution >= 0.6 is 0 Å². The lowest BCUT2D eigenvalue weighted by Crippen LogP contribution is -2.44. The van der Waals surface area contributed by atoms with E-state index in [-0.39, 0.29) is 18.1 Å². The van der Waals surface area contributed by atoms with Crippen molar-refractivity contribution < 1.29 is 14.4 Å². The number of imidazole rings is 1. The average molecular weight is 383 g/mol. The molecular weight excluding hydrogens is 362 g/mol. The molecule has 2 aromatic rings. The van der Waals surface area contributed by atoms with Crippen molar-refractivity contribution in [3.63, 3.8) is 0 Å². The average Bonchev–Trinajstić information content (AvgIpc) is 3.32. The Hall–Kier alpha value is -3.36. The van der Waals surface area contributed by atoms with Crippen molar-refractivity contribution in [2.45, 2.75) is 38.1 Å². The summed E-state index contributed by atoms with van der Waals surface area (Å²) in [4.78, 5) is 53.1. The number of para-hydroxylation sites is 2. The van der Waals surface area contributed by atoms with Crippen LogP contribution in [0.5, 0.6) is 0 Å². The summed E-state index contributed by atoms with van der Waals surface area (Å²) in [6, 6.07) is 6.32. The molecule has 146 valence electrons. The van der Waals surface area contributed by atoms with Crippen molar-refractivity contribution in [1.29, 1.82) is 0 Å². The van der Waals surface area contributed by atoms with Crippen LogP contribution in [-0.4, -0.2) is 44.4 Å². The van der Waals surface area contributed by atoms with Crippen molar-refractivity contribution in [2.24, 2.45) is 0 Å². The Balaban J connectivity index is 1.53. The van der Waals surface area contributed by atoms with Gasteiger partial charge in [0.15, 0.2) is 0 Å². The van der Waals surface area contributed by atoms with Gasteiger partial charge < -0.3 is 15.6 Å². The second-order valence-corrected chi connectivity index (χ2v) is 7.25. The van der Waals surface area contributed by atoms with Gasteiger partial charge in [0.05, 0.1) is 11.4 Å². The molecule has 28 heavy (non-hydrogen) atoms. The van der Waals surface area contributed by atoms with Gasteiger partial charge in [-0.3, -0.25) is 19.1 Å². The number of rotatable bonds is 4. The number of hydrogen-bond donors (Lipinski definition) is 3. The highest BCUT2D eigenvalue weighted by Gasteiger charge is 2.52. The second-order valence-electron chi connectivity index (χ2n) is 7.25. The van der Waals surface area contributed by atoms with E-state index >= 15 is 0 Å². The maximum Gasteiger partial charge on any atom is 0.330 e. The van der Waals surface area contributed by atoms with E-state index in [1.54, 1.807) is 37.4 Å². The van der Waals surface area contributed by atoms with Gasteiger partial charge in [-0.2, -0.15) is 0 Å². The highest BCUT2D eigenvalue weighted by atomic mass is 16.2. The van der Waals surface area contributed by atoms with Crippen molar-refractivity contribution in [3.05, 3.63) is 46.6 Å². The molecule has 4 amide bonds. The number of H-pyrrole nitrogens is 1. The number of amides is 4. The molecule has 0 unspecified atom stereocenters. The minimum Gasteiger partial charge on any atom is -0.323 e. The van der Waals surface area contributed by atoms with Crippen LogP contribution in [0, 0.1) is 6.92 Å². The molecule has 4 rings (SSSR count). The Bertz CT molecular complexity index is 1020. The van der Waals surface area contributed by atoms with E-state index in [0.29, 0.717) is 29.9 Å². The number of aryl methyl sites for hydroxylation is 1. The van der Waals surface area contributed by atoms with E-state index in [9.17, 15) is 19.2 Å². The van der Waals surface area contributed by atoms with Gasteiger partial charge in [-0.25, -0.2) is 9.59 Å². The fraction of sp³-hybridized carbons (Fsp3) is 0.368. The summed E-state index contributed by atoms with van der Waals surface area (Å²) in [5.41, 5.74) is 0.439. The summed E-state index contributed by atoms with van der Waals surface area (Å²) in [5.74, 6) is -0.844. The first-order valence-electron chi connectivity index (χ1n) is 9.22. The summed E-state index contributed by atoms with van der Waals surface area (Å²) in [6.45, 7) is 1.40. The van der Waals surface area contributed by atoms with Gasteiger partial charge >= 0.3 is 11.7 Å². The van der Waals surface area contributed by atoms with Gasteiger partial charge in [0.25, 0.3) is 5.91 Å². The third-order valence-corrected chi connectivity index (χ3v) is 5.38. The fourth-order valence-corrected chi connectivity index (χ4v) is 4.00. The highest BCUT2D eigenvalue weighted by Crippen LogP contribution is 2.35. The molecule has 1 aromatic carbocycles. The van der Waals surface area contributed by atoms with Gasteiger partial charge in [-0.15, -0.1) is 0 Å². The summed E-state index contributed by atoms with van der Waals surface area (Å²) in [5, 5.41) is 5.47. The molecule has 1 saturated heterocycles. The molecule has 1 aliphatic heterocycles. The number of nitrogens with one attached hydrogen (secondary N) is 3. The highest BCUT2D eigenvalue weighted by molar-refractivity contribution is 6.10. The number of carbonyl (C=O) groups excluding carboxylic acids is 3. The van der Waals surface area contributed by atoms with Gasteiger partial charge in [-0.1, -0.05) is 25.0 Å². The number of hydrogen-bond acceptors (Lipinski definition) is 4. The van der Waals surface area contributed by atoms with E-state index in [1.165, 1.54) is 4.57 Å². The summed E-state index contributed by atoms with van der Waals surface area (Å²) >= 11 is 0. The number of imide groups is 1. The maximum absolute atomic E-state index is 12.7. The van der Waals surface area contributed by atoms with E-state index in [2.05, 4.69) is 15.6 Å². The van der Waals surface area contributed by atoms with Crippen LogP contribution in [0.2, 0.25) is 0 Å². The van der Waals surface area contributed by atoms with Crippen LogP contribution in [0.25, 0.3) is 5.69 Å². The van der Waals surface area contributed by atoms with E-state index in [0.717, 1.165) is 17.7 Å². The normalized spacial score (nSPS) is 18.0. The predicted molar refractivity (Wildman–Crippen MR) is 101 cm³/mol. The first kappa shape index (κ1) is 18.0. The molecule has 1 aliphatic carbocycles. The van der Waals surface area contributed by atoms with Crippen molar-refractivity contribution >= 4 is 23.5 Å². The molecule has 2 aliphatic rings. The molecule has 9 nitrogen and oxygen atoms in total. The van der Waals surface area contributed by atoms with E-state index < -0.39 is 17.5 Å². The number of nitrogens with zero attached hydrogens (tertiary/aromatic N) is 2. The molecule has 1 saturated carbocycles. The fourth-order valence-electron chi connectivity index (χ4n) is 4.00. The first-order valence-corrected chi connectivity index (χ1v) is 9.22. The van der Waals surface area contributed by atoms with Crippen LogP contribution in [0.3, 0.4) is 0 Å². The third kappa shape index (κ3) is 2.88. The largest absolute Gasteiger partial charge is 0.330 e. The van der Waals surface area contributed by atoms with Crippen LogP contribution in [-0.2, 0) is 9.59 Å². The molecule has 9 heteroatoms. The SMILES string of the molecule is Cc1c[nH]c(=O)n1-c1ccccc1NC(=O)CN1C(=O)NC2(CCCC2)C1=O. The molecule has 0 radical (unpaired) electrons. The second kappa shape index (κ2) is 6.66. The lowest BCUT2D eigenvalue weighted by atomic mass is 9.98. The number of carbonyl (C=O) groups is 3. The first-order chi connectivity index (χ1) is 13.4. The van der Waals surface area contributed by atoms with Crippen LogP contribution in [0.1, 0.15) is 31.4 Å². The number of aromatic amines is 1. The van der Waals surface area contributed by atoms with Crippen molar-refractivity contribution in [1.82, 2.24) is 19.8 Å². The number of aromatic nitrogens is 2. The third-order valence-electron chi connectivity index (χ3n) is 5.38. The van der Waals surface area contributed by atoms with Gasteiger partial charge in [0.1, 0.15) is 12.1 Å². The van der Waals surface area contributed by atoms with E-state index in [1.807, 2.05) is 0 Å². The summed E-state index contributed by atoms with van der Waals surface area (Å²) < 4.78 is 1.44. The van der Waals surface area contributed by atoms with Gasteiger partial charge in [0, 0.05) is 11.9 Å². The lowest BCUT2D eigenvalue weighted by Gasteiger charge is -2.20. The molecule has 0 bridgehead atoms. The smallest absolute Gasteiger partial charge is 0.323 e. The Morgan fingerprint density at radius 3 is 2.57 bits per heavy atom. The van der Waals surface area contributed by atoms with Gasteiger partial charge in [0.2, 0.25) is 5.91 Å².